The number of hydrogen-bond donors (Lipinski definition) is 3. The Kier molecular flexibility index (Phi) is 5.12. The molecule has 30 heavy (non-hydrogen) atoms. The van der Waals surface area contributed by atoms with Crippen LogP contribution < -0.4 is 20.7 Å². The molecule has 0 saturated carbocycles. The van der Waals surface area contributed by atoms with Crippen molar-refractivity contribution in [2.45, 2.75) is 37.8 Å². The molecule has 1 unspecified atom stereocenters. The highest BCUT2D eigenvalue weighted by Crippen LogP contribution is 2.31. The molecule has 0 spiro atoms. The summed E-state index contributed by atoms with van der Waals surface area (Å²) in [7, 11) is 2.29. The Labute approximate surface area is 175 Å². The van der Waals surface area contributed by atoms with Crippen molar-refractivity contribution in [3.8, 4) is 0 Å². The van der Waals surface area contributed by atoms with Gasteiger partial charge in [0.05, 0.1) is 45.5 Å². The summed E-state index contributed by atoms with van der Waals surface area (Å²) >= 11 is 0. The van der Waals surface area contributed by atoms with E-state index in [4.69, 9.17) is 0 Å². The molecule has 2 bridgehead atoms. The number of piperidine rings is 2. The number of quaternary nitrogens is 2. The second-order valence-corrected chi connectivity index (χ2v) is 9.23. The maximum absolute atomic E-state index is 13.1. The van der Waals surface area contributed by atoms with E-state index < -0.39 is 5.91 Å². The summed E-state index contributed by atoms with van der Waals surface area (Å²) in [6.07, 6.45) is 8.17. The van der Waals surface area contributed by atoms with Crippen molar-refractivity contribution in [1.29, 1.82) is 0 Å². The molecule has 8 nitrogen and oxygen atoms in total. The Morgan fingerprint density at radius 2 is 2.03 bits per heavy atom. The molecule has 3 aliphatic heterocycles. The van der Waals surface area contributed by atoms with Gasteiger partial charge in [-0.15, -0.1) is 0 Å². The van der Waals surface area contributed by atoms with Crippen LogP contribution in [0, 0.1) is 5.92 Å². The number of fused-ring (bicyclic) bond motifs is 4. The summed E-state index contributed by atoms with van der Waals surface area (Å²) in [6.45, 7) is 5.57. The number of aromatic nitrogens is 3. The minimum absolute atomic E-state index is 0.106. The molecule has 2 saturated heterocycles. The molecular weight excluding hydrogens is 380 g/mol. The third-order valence-corrected chi connectivity index (χ3v) is 7.20. The van der Waals surface area contributed by atoms with Crippen LogP contribution in [-0.2, 0) is 6.54 Å². The summed E-state index contributed by atoms with van der Waals surface area (Å²) in [5.41, 5.74) is 1.54. The van der Waals surface area contributed by atoms with Gasteiger partial charge in [-0.2, -0.15) is 0 Å². The number of pyridine rings is 1. The Hall–Kier alpha value is -2.58. The lowest BCUT2D eigenvalue weighted by atomic mass is 9.82. The standard InChI is InChI=1S/C22H28N6O2/c1-26-8-4-17(5-9-26)27-12-15-10-16(14-27)20-3-2-18(22(30)28(20)13-15)25-21(29)19-11-23-6-7-24-19/h2-3,6-7,11,15-17H,4-5,8-10,12-14H2,1H3,(H,25,29)/p+2/t15-,16+/m0/s1. The van der Waals surface area contributed by atoms with Gasteiger partial charge in [-0.1, -0.05) is 0 Å². The van der Waals surface area contributed by atoms with Crippen LogP contribution in [0.3, 0.4) is 0 Å². The molecule has 3 atom stereocenters. The zero-order valence-corrected chi connectivity index (χ0v) is 17.4. The Morgan fingerprint density at radius 1 is 1.20 bits per heavy atom. The van der Waals surface area contributed by atoms with Crippen LogP contribution in [0.1, 0.15) is 41.4 Å². The van der Waals surface area contributed by atoms with Gasteiger partial charge in [0.15, 0.2) is 0 Å². The van der Waals surface area contributed by atoms with Crippen LogP contribution in [0.25, 0.3) is 0 Å². The minimum atomic E-state index is -0.406. The van der Waals surface area contributed by atoms with Gasteiger partial charge in [-0.25, -0.2) is 4.98 Å². The lowest BCUT2D eigenvalue weighted by Gasteiger charge is -2.44. The Morgan fingerprint density at radius 3 is 2.80 bits per heavy atom. The van der Waals surface area contributed by atoms with Crippen molar-refractivity contribution in [2.24, 2.45) is 5.92 Å². The maximum Gasteiger partial charge on any atom is 0.276 e. The largest absolute Gasteiger partial charge is 0.337 e. The first-order valence-corrected chi connectivity index (χ1v) is 11.1. The molecule has 8 heteroatoms. The first kappa shape index (κ1) is 19.4. The van der Waals surface area contributed by atoms with Gasteiger partial charge in [0, 0.05) is 49.3 Å². The number of rotatable bonds is 3. The molecule has 2 fully saturated rings. The molecule has 0 aromatic carbocycles. The molecule has 0 radical (unpaired) electrons. The number of carbonyl (C=O) groups is 1. The summed E-state index contributed by atoms with van der Waals surface area (Å²) < 4.78 is 1.90. The highest BCUT2D eigenvalue weighted by Gasteiger charge is 2.41. The van der Waals surface area contributed by atoms with Crippen molar-refractivity contribution < 1.29 is 14.6 Å². The van der Waals surface area contributed by atoms with Crippen molar-refractivity contribution in [1.82, 2.24) is 14.5 Å². The van der Waals surface area contributed by atoms with Gasteiger partial charge in [0.2, 0.25) is 0 Å². The third-order valence-electron chi connectivity index (χ3n) is 7.20. The van der Waals surface area contributed by atoms with Crippen LogP contribution in [-0.4, -0.2) is 59.7 Å². The van der Waals surface area contributed by atoms with Gasteiger partial charge < -0.3 is 19.7 Å². The van der Waals surface area contributed by atoms with E-state index in [1.807, 2.05) is 10.6 Å². The van der Waals surface area contributed by atoms with Crippen LogP contribution in [0.2, 0.25) is 0 Å². The van der Waals surface area contributed by atoms with E-state index in [1.165, 1.54) is 50.9 Å². The zero-order chi connectivity index (χ0) is 20.7. The molecule has 158 valence electrons. The zero-order valence-electron chi connectivity index (χ0n) is 17.4. The molecule has 2 aromatic heterocycles. The summed E-state index contributed by atoms with van der Waals surface area (Å²) in [5, 5.41) is 2.72. The van der Waals surface area contributed by atoms with Gasteiger partial charge in [-0.3, -0.25) is 14.6 Å². The molecule has 2 aromatic rings. The summed E-state index contributed by atoms with van der Waals surface area (Å²) in [6, 6.07) is 4.56. The molecule has 0 aliphatic carbocycles. The normalized spacial score (nSPS) is 30.4. The second-order valence-electron chi connectivity index (χ2n) is 9.23. The van der Waals surface area contributed by atoms with Crippen LogP contribution >= 0.6 is 0 Å². The maximum atomic E-state index is 13.1. The first-order valence-electron chi connectivity index (χ1n) is 11.1. The predicted octanol–water partition coefficient (Wildman–Crippen LogP) is -1.43. The van der Waals surface area contributed by atoms with E-state index in [0.717, 1.165) is 31.4 Å². The number of carbonyl (C=O) groups excluding carboxylic acids is 1. The molecule has 5 rings (SSSR count). The lowest BCUT2D eigenvalue weighted by molar-refractivity contribution is -0.959. The molecule has 5 heterocycles. The first-order chi connectivity index (χ1) is 14.6. The average molecular weight is 411 g/mol. The third kappa shape index (κ3) is 3.65. The Balaban J connectivity index is 1.35. The van der Waals surface area contributed by atoms with Crippen molar-refractivity contribution in [3.63, 3.8) is 0 Å². The smallest absolute Gasteiger partial charge is 0.276 e. The number of nitrogens with zero attached hydrogens (tertiary/aromatic N) is 3. The number of nitrogens with one attached hydrogen (secondary N) is 3. The molecular formula is C22H30N6O2+2. The minimum Gasteiger partial charge on any atom is -0.337 e. The van der Waals surface area contributed by atoms with E-state index in [1.54, 1.807) is 15.9 Å². The van der Waals surface area contributed by atoms with Crippen molar-refractivity contribution in [2.75, 3.05) is 38.5 Å². The van der Waals surface area contributed by atoms with Crippen molar-refractivity contribution in [3.05, 3.63) is 52.5 Å². The van der Waals surface area contributed by atoms with Crippen LogP contribution in [0.5, 0.6) is 0 Å². The summed E-state index contributed by atoms with van der Waals surface area (Å²) in [5.74, 6) is 0.551. The molecule has 3 N–H and O–H groups in total. The fourth-order valence-electron chi connectivity index (χ4n) is 5.65. The molecule has 3 aliphatic rings. The van der Waals surface area contributed by atoms with E-state index in [2.05, 4.69) is 22.3 Å². The fourth-order valence-corrected chi connectivity index (χ4v) is 5.65. The lowest BCUT2D eigenvalue weighted by Crippen LogP contribution is -3.21. The second kappa shape index (κ2) is 7.92. The quantitative estimate of drug-likeness (QED) is 0.579. The summed E-state index contributed by atoms with van der Waals surface area (Å²) in [4.78, 5) is 36.9. The Bertz CT molecular complexity index is 983. The number of amides is 1. The van der Waals surface area contributed by atoms with E-state index >= 15 is 0 Å². The fraction of sp³-hybridized carbons (Fsp3) is 0.545. The van der Waals surface area contributed by atoms with Gasteiger partial charge in [-0.05, 0) is 18.6 Å². The van der Waals surface area contributed by atoms with E-state index in [9.17, 15) is 9.59 Å². The molecule has 1 amide bonds. The van der Waals surface area contributed by atoms with E-state index in [0.29, 0.717) is 17.5 Å². The van der Waals surface area contributed by atoms with Gasteiger partial charge in [0.1, 0.15) is 11.4 Å². The average Bonchev–Trinajstić information content (AvgIpc) is 2.77. The highest BCUT2D eigenvalue weighted by molar-refractivity contribution is 6.02. The van der Waals surface area contributed by atoms with Gasteiger partial charge >= 0.3 is 0 Å². The predicted molar refractivity (Wildman–Crippen MR) is 112 cm³/mol. The highest BCUT2D eigenvalue weighted by atomic mass is 16.2. The number of anilines is 1. The monoisotopic (exact) mass is 410 g/mol. The number of likely N-dealkylation sites (tertiary alicyclic amines) is 2. The van der Waals surface area contributed by atoms with Crippen molar-refractivity contribution >= 4 is 11.6 Å². The van der Waals surface area contributed by atoms with Crippen LogP contribution in [0.15, 0.2) is 35.5 Å². The topological polar surface area (TPSA) is 85.8 Å². The van der Waals surface area contributed by atoms with E-state index in [-0.39, 0.29) is 11.3 Å². The van der Waals surface area contributed by atoms with Crippen LogP contribution in [0.4, 0.5) is 5.69 Å². The SMILES string of the molecule is C[NH+]1CCC([NH+]2C[C@@H]3C[C@H](C2)c2ccc(NC(=O)c4cnccn4)c(=O)n2C3)CC1. The van der Waals surface area contributed by atoms with Gasteiger partial charge in [0.25, 0.3) is 11.5 Å². The number of hydrogen-bond acceptors (Lipinski definition) is 4.